The SMILES string of the molecule is C1CNCC(CN2CCC[C@H]2C2NC(C3CCNC(N4CCCC4)C3)NO2)C1. The van der Waals surface area contributed by atoms with Gasteiger partial charge < -0.3 is 10.6 Å². The van der Waals surface area contributed by atoms with Crippen molar-refractivity contribution in [2.45, 2.75) is 76.0 Å². The van der Waals surface area contributed by atoms with Crippen LogP contribution < -0.4 is 21.4 Å². The zero-order chi connectivity index (χ0) is 18.8. The Balaban J connectivity index is 1.14. The molecule has 6 atom stereocenters. The van der Waals surface area contributed by atoms with Crippen LogP contribution in [-0.2, 0) is 4.84 Å². The van der Waals surface area contributed by atoms with Gasteiger partial charge in [0, 0.05) is 6.54 Å². The minimum absolute atomic E-state index is 0.143. The van der Waals surface area contributed by atoms with E-state index in [0.717, 1.165) is 12.5 Å². The summed E-state index contributed by atoms with van der Waals surface area (Å²) in [6.07, 6.45) is 11.5. The lowest BCUT2D eigenvalue weighted by Crippen LogP contribution is -2.54. The molecule has 5 saturated heterocycles. The van der Waals surface area contributed by atoms with Gasteiger partial charge >= 0.3 is 0 Å². The summed E-state index contributed by atoms with van der Waals surface area (Å²) < 4.78 is 0. The van der Waals surface area contributed by atoms with E-state index in [1.54, 1.807) is 0 Å². The summed E-state index contributed by atoms with van der Waals surface area (Å²) in [6.45, 7) is 8.51. The first-order chi connectivity index (χ1) is 13.9. The maximum atomic E-state index is 6.13. The Labute approximate surface area is 170 Å². The Bertz CT molecular complexity index is 495. The van der Waals surface area contributed by atoms with Crippen LogP contribution in [0.15, 0.2) is 0 Å². The maximum Gasteiger partial charge on any atom is 0.146 e. The lowest BCUT2D eigenvalue weighted by atomic mass is 9.92. The van der Waals surface area contributed by atoms with Gasteiger partial charge in [0.2, 0.25) is 0 Å². The van der Waals surface area contributed by atoms with E-state index in [9.17, 15) is 0 Å². The van der Waals surface area contributed by atoms with Crippen molar-refractivity contribution in [3.63, 3.8) is 0 Å². The van der Waals surface area contributed by atoms with E-state index in [4.69, 9.17) is 4.84 Å². The topological polar surface area (TPSA) is 63.8 Å². The van der Waals surface area contributed by atoms with Gasteiger partial charge in [-0.05, 0) is 102 Å². The molecule has 28 heavy (non-hydrogen) atoms. The summed E-state index contributed by atoms with van der Waals surface area (Å²) in [5.41, 5.74) is 3.39. The van der Waals surface area contributed by atoms with Gasteiger partial charge in [-0.2, -0.15) is 5.48 Å². The third kappa shape index (κ3) is 4.41. The molecule has 0 aromatic rings. The molecule has 0 aromatic carbocycles. The Kier molecular flexibility index (Phi) is 6.50. The first kappa shape index (κ1) is 19.7. The molecule has 5 fully saturated rings. The van der Waals surface area contributed by atoms with E-state index in [2.05, 4.69) is 31.2 Å². The predicted molar refractivity (Wildman–Crippen MR) is 110 cm³/mol. The van der Waals surface area contributed by atoms with Crippen LogP contribution in [0.4, 0.5) is 0 Å². The lowest BCUT2D eigenvalue weighted by molar-refractivity contribution is -0.0274. The second-order valence-corrected chi connectivity index (χ2v) is 9.71. The van der Waals surface area contributed by atoms with Crippen LogP contribution >= 0.6 is 0 Å². The third-order valence-electron chi connectivity index (χ3n) is 7.80. The molecular formula is C21H40N6O. The van der Waals surface area contributed by atoms with Gasteiger partial charge in [-0.15, -0.1) is 0 Å². The standard InChI is InChI=1S/C21H40N6O/c1-2-11-26(10-1)19-13-17(7-9-23-19)20-24-21(28-25-20)18-6-4-12-27(18)15-16-5-3-8-22-14-16/h16-25H,1-15H2/t16?,17?,18-,19?,20?,21?/m0/s1. The van der Waals surface area contributed by atoms with Gasteiger partial charge in [0.15, 0.2) is 0 Å². The zero-order valence-electron chi connectivity index (χ0n) is 17.4. The van der Waals surface area contributed by atoms with Gasteiger partial charge in [-0.25, -0.2) is 0 Å². The molecule has 7 heteroatoms. The van der Waals surface area contributed by atoms with E-state index >= 15 is 0 Å². The molecule has 0 spiro atoms. The molecule has 0 saturated carbocycles. The van der Waals surface area contributed by atoms with Gasteiger partial charge in [0.05, 0.1) is 18.4 Å². The smallest absolute Gasteiger partial charge is 0.146 e. The van der Waals surface area contributed by atoms with Crippen molar-refractivity contribution in [1.29, 1.82) is 0 Å². The number of rotatable bonds is 5. The molecule has 0 aromatic heterocycles. The Morgan fingerprint density at radius 3 is 2.71 bits per heavy atom. The molecule has 5 rings (SSSR count). The van der Waals surface area contributed by atoms with Crippen LogP contribution in [0.5, 0.6) is 0 Å². The van der Waals surface area contributed by atoms with E-state index in [0.29, 0.717) is 24.3 Å². The molecule has 0 aliphatic carbocycles. The first-order valence-electron chi connectivity index (χ1n) is 12.0. The number of likely N-dealkylation sites (tertiary alicyclic amines) is 2. The normalized spacial score (nSPS) is 43.7. The monoisotopic (exact) mass is 392 g/mol. The van der Waals surface area contributed by atoms with E-state index < -0.39 is 0 Å². The number of nitrogens with one attached hydrogen (secondary N) is 4. The Morgan fingerprint density at radius 1 is 0.929 bits per heavy atom. The van der Waals surface area contributed by atoms with Gasteiger partial charge in [0.1, 0.15) is 6.23 Å². The number of hydroxylamine groups is 1. The van der Waals surface area contributed by atoms with Crippen LogP contribution in [-0.4, -0.2) is 80.2 Å². The van der Waals surface area contributed by atoms with Crippen molar-refractivity contribution >= 4 is 0 Å². The molecule has 5 heterocycles. The van der Waals surface area contributed by atoms with Gasteiger partial charge in [-0.3, -0.25) is 20.0 Å². The fraction of sp³-hybridized carbons (Fsp3) is 1.00. The molecule has 4 N–H and O–H groups in total. The summed E-state index contributed by atoms with van der Waals surface area (Å²) in [7, 11) is 0. The molecule has 5 unspecified atom stereocenters. The van der Waals surface area contributed by atoms with Crippen LogP contribution in [0.1, 0.15) is 51.4 Å². The minimum Gasteiger partial charge on any atom is -0.316 e. The van der Waals surface area contributed by atoms with Gasteiger partial charge in [0.25, 0.3) is 0 Å². The average Bonchev–Trinajstić information content (AvgIpc) is 3.50. The second-order valence-electron chi connectivity index (χ2n) is 9.71. The quantitative estimate of drug-likeness (QED) is 0.548. The number of nitrogens with zero attached hydrogens (tertiary/aromatic N) is 2. The fourth-order valence-electron chi connectivity index (χ4n) is 6.20. The fourth-order valence-corrected chi connectivity index (χ4v) is 6.20. The molecule has 160 valence electrons. The summed E-state index contributed by atoms with van der Waals surface area (Å²) >= 11 is 0. The van der Waals surface area contributed by atoms with Crippen molar-refractivity contribution < 1.29 is 4.84 Å². The highest BCUT2D eigenvalue weighted by molar-refractivity contribution is 4.93. The summed E-state index contributed by atoms with van der Waals surface area (Å²) in [5.74, 6) is 1.46. The van der Waals surface area contributed by atoms with Crippen molar-refractivity contribution in [2.24, 2.45) is 11.8 Å². The largest absolute Gasteiger partial charge is 0.316 e. The average molecular weight is 393 g/mol. The number of hydrogen-bond donors (Lipinski definition) is 4. The second kappa shape index (κ2) is 9.25. The van der Waals surface area contributed by atoms with Crippen LogP contribution in [0.25, 0.3) is 0 Å². The first-order valence-corrected chi connectivity index (χ1v) is 12.0. The highest BCUT2D eigenvalue weighted by Gasteiger charge is 2.41. The third-order valence-corrected chi connectivity index (χ3v) is 7.80. The molecule has 5 aliphatic heterocycles. The van der Waals surface area contributed by atoms with E-state index in [-0.39, 0.29) is 6.23 Å². The highest BCUT2D eigenvalue weighted by Crippen LogP contribution is 2.29. The molecule has 7 nitrogen and oxygen atoms in total. The van der Waals surface area contributed by atoms with Gasteiger partial charge in [-0.1, -0.05) is 0 Å². The summed E-state index contributed by atoms with van der Waals surface area (Å²) in [4.78, 5) is 11.5. The van der Waals surface area contributed by atoms with E-state index in [1.807, 2.05) is 0 Å². The van der Waals surface area contributed by atoms with Crippen molar-refractivity contribution in [2.75, 3.05) is 45.8 Å². The molecule has 0 amide bonds. The van der Waals surface area contributed by atoms with Crippen molar-refractivity contribution in [3.05, 3.63) is 0 Å². The molecule has 0 bridgehead atoms. The van der Waals surface area contributed by atoms with Crippen molar-refractivity contribution in [1.82, 2.24) is 31.2 Å². The lowest BCUT2D eigenvalue weighted by Gasteiger charge is -2.38. The Morgan fingerprint density at radius 2 is 1.86 bits per heavy atom. The minimum atomic E-state index is 0.143. The van der Waals surface area contributed by atoms with E-state index in [1.165, 1.54) is 90.6 Å². The maximum absolute atomic E-state index is 6.13. The predicted octanol–water partition coefficient (Wildman–Crippen LogP) is 0.649. The Hall–Kier alpha value is -0.280. The molecule has 5 aliphatic rings. The number of piperidine rings is 2. The summed E-state index contributed by atoms with van der Waals surface area (Å²) in [6, 6.07) is 0.524. The summed E-state index contributed by atoms with van der Waals surface area (Å²) in [5, 5.41) is 11.2. The van der Waals surface area contributed by atoms with Crippen LogP contribution in [0.2, 0.25) is 0 Å². The van der Waals surface area contributed by atoms with Crippen molar-refractivity contribution in [3.8, 4) is 0 Å². The van der Waals surface area contributed by atoms with Crippen LogP contribution in [0.3, 0.4) is 0 Å². The molecular weight excluding hydrogens is 352 g/mol. The number of hydrogen-bond acceptors (Lipinski definition) is 7. The zero-order valence-corrected chi connectivity index (χ0v) is 17.4. The molecule has 0 radical (unpaired) electrons. The van der Waals surface area contributed by atoms with Crippen LogP contribution in [0, 0.1) is 11.8 Å². The highest BCUT2D eigenvalue weighted by atomic mass is 16.7.